The van der Waals surface area contributed by atoms with E-state index >= 15 is 0 Å². The number of hydrogen-bond acceptors (Lipinski definition) is 4. The SMILES string of the molecule is C[C@@]1(O)OC=C(O)C1=O. The Balaban J connectivity index is 2.86. The normalized spacial score (nSPS) is 34.0. The average molecular weight is 130 g/mol. The quantitative estimate of drug-likeness (QED) is 0.472. The molecule has 0 amide bonds. The highest BCUT2D eigenvalue weighted by Gasteiger charge is 2.39. The van der Waals surface area contributed by atoms with Gasteiger partial charge in [-0.15, -0.1) is 0 Å². The van der Waals surface area contributed by atoms with Gasteiger partial charge in [0, 0.05) is 6.92 Å². The Morgan fingerprint density at radius 1 is 1.78 bits per heavy atom. The number of Topliss-reactive ketones (excluding diaryl/α,β-unsaturated/α-hetero) is 1. The van der Waals surface area contributed by atoms with Gasteiger partial charge in [-0.3, -0.25) is 4.79 Å². The van der Waals surface area contributed by atoms with Crippen LogP contribution in [-0.2, 0) is 9.53 Å². The molecular formula is C5H6O4. The second-order valence-electron chi connectivity index (χ2n) is 1.93. The first-order valence-corrected chi connectivity index (χ1v) is 2.38. The van der Waals surface area contributed by atoms with Gasteiger partial charge in [0.15, 0.2) is 0 Å². The molecule has 1 aliphatic heterocycles. The van der Waals surface area contributed by atoms with Gasteiger partial charge in [-0.25, -0.2) is 0 Å². The van der Waals surface area contributed by atoms with Gasteiger partial charge in [-0.05, 0) is 0 Å². The highest BCUT2D eigenvalue weighted by molar-refractivity contribution is 5.99. The Hall–Kier alpha value is -1.03. The summed E-state index contributed by atoms with van der Waals surface area (Å²) < 4.78 is 4.36. The van der Waals surface area contributed by atoms with Gasteiger partial charge < -0.3 is 14.9 Å². The van der Waals surface area contributed by atoms with E-state index in [9.17, 15) is 4.79 Å². The maximum Gasteiger partial charge on any atom is 0.272 e. The summed E-state index contributed by atoms with van der Waals surface area (Å²) in [6, 6.07) is 0. The van der Waals surface area contributed by atoms with E-state index in [-0.39, 0.29) is 0 Å². The maximum absolute atomic E-state index is 10.5. The number of hydrogen-bond donors (Lipinski definition) is 2. The molecular weight excluding hydrogens is 124 g/mol. The Morgan fingerprint density at radius 2 is 2.33 bits per heavy atom. The van der Waals surface area contributed by atoms with E-state index in [4.69, 9.17) is 10.2 Å². The van der Waals surface area contributed by atoms with Crippen LogP contribution in [0.2, 0.25) is 0 Å². The van der Waals surface area contributed by atoms with Crippen molar-refractivity contribution in [3.63, 3.8) is 0 Å². The second kappa shape index (κ2) is 1.48. The van der Waals surface area contributed by atoms with Crippen molar-refractivity contribution in [2.24, 2.45) is 0 Å². The highest BCUT2D eigenvalue weighted by atomic mass is 16.6. The van der Waals surface area contributed by atoms with Gasteiger partial charge in [0.25, 0.3) is 11.6 Å². The molecule has 1 heterocycles. The zero-order chi connectivity index (χ0) is 7.07. The molecule has 4 heteroatoms. The van der Waals surface area contributed by atoms with Gasteiger partial charge in [0.2, 0.25) is 5.76 Å². The van der Waals surface area contributed by atoms with Gasteiger partial charge >= 0.3 is 0 Å². The minimum absolute atomic E-state index is 0.542. The number of ether oxygens (including phenoxy) is 1. The van der Waals surface area contributed by atoms with E-state index in [1.807, 2.05) is 0 Å². The van der Waals surface area contributed by atoms with Crippen LogP contribution >= 0.6 is 0 Å². The largest absolute Gasteiger partial charge is 0.502 e. The molecule has 0 saturated heterocycles. The number of aliphatic hydroxyl groups excluding tert-OH is 1. The molecule has 0 radical (unpaired) electrons. The molecule has 0 aromatic carbocycles. The monoisotopic (exact) mass is 130 g/mol. The van der Waals surface area contributed by atoms with Crippen molar-refractivity contribution in [1.82, 2.24) is 0 Å². The maximum atomic E-state index is 10.5. The summed E-state index contributed by atoms with van der Waals surface area (Å²) in [7, 11) is 0. The summed E-state index contributed by atoms with van der Waals surface area (Å²) in [5.74, 6) is -3.20. The first-order chi connectivity index (χ1) is 4.04. The van der Waals surface area contributed by atoms with E-state index in [0.717, 1.165) is 13.2 Å². The third-order valence-electron chi connectivity index (χ3n) is 1.05. The number of rotatable bonds is 0. The molecule has 4 nitrogen and oxygen atoms in total. The topological polar surface area (TPSA) is 66.8 Å². The van der Waals surface area contributed by atoms with Crippen LogP contribution in [0.5, 0.6) is 0 Å². The zero-order valence-corrected chi connectivity index (χ0v) is 4.79. The molecule has 0 unspecified atom stereocenters. The third kappa shape index (κ3) is 0.768. The molecule has 0 aromatic heterocycles. The lowest BCUT2D eigenvalue weighted by Crippen LogP contribution is -2.32. The number of carbonyl (C=O) groups is 1. The van der Waals surface area contributed by atoms with Crippen LogP contribution in [0.4, 0.5) is 0 Å². The molecule has 0 saturated carbocycles. The van der Waals surface area contributed by atoms with Crippen LogP contribution in [0.25, 0.3) is 0 Å². The van der Waals surface area contributed by atoms with Gasteiger partial charge in [-0.1, -0.05) is 0 Å². The first kappa shape index (κ1) is 6.10. The second-order valence-corrected chi connectivity index (χ2v) is 1.93. The third-order valence-corrected chi connectivity index (χ3v) is 1.05. The molecule has 9 heavy (non-hydrogen) atoms. The molecule has 0 bridgehead atoms. The lowest BCUT2D eigenvalue weighted by atomic mass is 10.2. The van der Waals surface area contributed by atoms with Gasteiger partial charge in [0.1, 0.15) is 6.26 Å². The Morgan fingerprint density at radius 3 is 2.44 bits per heavy atom. The number of carbonyl (C=O) groups excluding carboxylic acids is 1. The molecule has 1 rings (SSSR count). The van der Waals surface area contributed by atoms with E-state index in [1.165, 1.54) is 0 Å². The summed E-state index contributed by atoms with van der Waals surface area (Å²) in [6.45, 7) is 1.16. The minimum Gasteiger partial charge on any atom is -0.502 e. The van der Waals surface area contributed by atoms with Crippen LogP contribution in [0.3, 0.4) is 0 Å². The van der Waals surface area contributed by atoms with E-state index in [0.29, 0.717) is 0 Å². The standard InChI is InChI=1S/C5H6O4/c1-5(8)4(7)3(6)2-9-5/h2,6,8H,1H3/t5-/m1/s1. The Kier molecular flexibility index (Phi) is 1.00. The lowest BCUT2D eigenvalue weighted by Gasteiger charge is -2.11. The zero-order valence-electron chi connectivity index (χ0n) is 4.79. The fraction of sp³-hybridized carbons (Fsp3) is 0.400. The van der Waals surface area contributed by atoms with Crippen LogP contribution in [0.1, 0.15) is 6.92 Å². The minimum atomic E-state index is -1.86. The smallest absolute Gasteiger partial charge is 0.272 e. The van der Waals surface area contributed by atoms with E-state index in [1.54, 1.807) is 0 Å². The molecule has 0 fully saturated rings. The summed E-state index contributed by atoms with van der Waals surface area (Å²) in [5.41, 5.74) is 0. The Labute approximate surface area is 51.4 Å². The van der Waals surface area contributed by atoms with Crippen molar-refractivity contribution >= 4 is 5.78 Å². The van der Waals surface area contributed by atoms with Gasteiger partial charge in [-0.2, -0.15) is 0 Å². The molecule has 2 N–H and O–H groups in total. The Bertz CT molecular complexity index is 179. The van der Waals surface area contributed by atoms with Crippen LogP contribution < -0.4 is 0 Å². The summed E-state index contributed by atoms with van der Waals surface area (Å²) in [6.07, 6.45) is 0.822. The first-order valence-electron chi connectivity index (χ1n) is 2.38. The summed E-state index contributed by atoms with van der Waals surface area (Å²) in [5, 5.41) is 17.4. The average Bonchev–Trinajstić information content (AvgIpc) is 1.97. The molecule has 50 valence electrons. The predicted molar refractivity (Wildman–Crippen MR) is 27.4 cm³/mol. The van der Waals surface area contributed by atoms with Crippen molar-refractivity contribution in [3.05, 3.63) is 12.0 Å². The molecule has 0 spiro atoms. The molecule has 1 atom stereocenters. The predicted octanol–water partition coefficient (Wildman–Crippen LogP) is -0.306. The van der Waals surface area contributed by atoms with Crippen molar-refractivity contribution in [2.75, 3.05) is 0 Å². The van der Waals surface area contributed by atoms with E-state index in [2.05, 4.69) is 4.74 Å². The van der Waals surface area contributed by atoms with Crippen LogP contribution in [0.15, 0.2) is 12.0 Å². The van der Waals surface area contributed by atoms with Crippen molar-refractivity contribution in [1.29, 1.82) is 0 Å². The van der Waals surface area contributed by atoms with Crippen molar-refractivity contribution in [2.45, 2.75) is 12.7 Å². The number of aliphatic hydroxyl groups is 2. The summed E-state index contributed by atoms with van der Waals surface area (Å²) >= 11 is 0. The van der Waals surface area contributed by atoms with Crippen molar-refractivity contribution in [3.8, 4) is 0 Å². The summed E-state index contributed by atoms with van der Waals surface area (Å²) in [4.78, 5) is 10.5. The van der Waals surface area contributed by atoms with E-state index < -0.39 is 17.3 Å². The van der Waals surface area contributed by atoms with Crippen LogP contribution in [0, 0.1) is 0 Å². The van der Waals surface area contributed by atoms with Gasteiger partial charge in [0.05, 0.1) is 0 Å². The molecule has 0 aromatic rings. The van der Waals surface area contributed by atoms with Crippen molar-refractivity contribution < 1.29 is 19.7 Å². The fourth-order valence-electron chi connectivity index (χ4n) is 0.515. The molecule has 1 aliphatic rings. The number of ketones is 1. The van der Waals surface area contributed by atoms with Crippen LogP contribution in [-0.4, -0.2) is 21.8 Å². The lowest BCUT2D eigenvalue weighted by molar-refractivity contribution is -0.167. The molecule has 0 aliphatic carbocycles. The fourth-order valence-corrected chi connectivity index (χ4v) is 0.515. The highest BCUT2D eigenvalue weighted by Crippen LogP contribution is 2.19.